The molecule has 0 aromatic rings. The molecule has 72 valence electrons. The normalized spacial score (nSPS) is 36.2. The maximum Gasteiger partial charge on any atom is 0.166 e. The second-order valence-corrected chi connectivity index (χ2v) is 3.97. The molecule has 1 rings (SSSR count). The Morgan fingerprint density at radius 1 is 1.58 bits per heavy atom. The van der Waals surface area contributed by atoms with Gasteiger partial charge in [-0.3, -0.25) is 0 Å². The van der Waals surface area contributed by atoms with Crippen LogP contribution in [0.5, 0.6) is 0 Å². The highest BCUT2D eigenvalue weighted by Gasteiger charge is 2.37. The van der Waals surface area contributed by atoms with E-state index in [9.17, 15) is 0 Å². The second-order valence-electron chi connectivity index (χ2n) is 3.97. The fourth-order valence-corrected chi connectivity index (χ4v) is 1.63. The van der Waals surface area contributed by atoms with Gasteiger partial charge in [-0.05, 0) is 12.8 Å². The van der Waals surface area contributed by atoms with Crippen molar-refractivity contribution in [3.63, 3.8) is 0 Å². The van der Waals surface area contributed by atoms with Gasteiger partial charge in [0.15, 0.2) is 5.79 Å². The predicted octanol–water partition coefficient (Wildman–Crippen LogP) is 1.16. The Labute approximate surface area is 73.7 Å². The number of hydrogen-bond donors (Lipinski definition) is 1. The highest BCUT2D eigenvalue weighted by atomic mass is 16.7. The first kappa shape index (κ1) is 9.96. The van der Waals surface area contributed by atoms with E-state index in [-0.39, 0.29) is 12.7 Å². The third kappa shape index (κ3) is 2.44. The molecule has 12 heavy (non-hydrogen) atoms. The van der Waals surface area contributed by atoms with Gasteiger partial charge in [-0.25, -0.2) is 0 Å². The molecule has 0 aromatic heterocycles. The van der Waals surface area contributed by atoms with Crippen LogP contribution in [0.2, 0.25) is 0 Å². The molecule has 2 atom stereocenters. The van der Waals surface area contributed by atoms with E-state index >= 15 is 0 Å². The number of rotatable bonds is 3. The minimum absolute atomic E-state index is 0.0493. The van der Waals surface area contributed by atoms with Crippen LogP contribution in [-0.2, 0) is 9.47 Å². The highest BCUT2D eigenvalue weighted by molar-refractivity contribution is 4.75. The number of aliphatic hydroxyl groups is 1. The van der Waals surface area contributed by atoms with E-state index in [0.29, 0.717) is 12.5 Å². The third-order valence-corrected chi connectivity index (χ3v) is 1.97. The second kappa shape index (κ2) is 3.73. The smallest absolute Gasteiger partial charge is 0.166 e. The predicted molar refractivity (Wildman–Crippen MR) is 45.8 cm³/mol. The Morgan fingerprint density at radius 3 is 2.67 bits per heavy atom. The topological polar surface area (TPSA) is 38.7 Å². The van der Waals surface area contributed by atoms with E-state index in [1.54, 1.807) is 0 Å². The van der Waals surface area contributed by atoms with Crippen molar-refractivity contribution in [2.45, 2.75) is 39.1 Å². The van der Waals surface area contributed by atoms with Crippen LogP contribution in [0.3, 0.4) is 0 Å². The summed E-state index contributed by atoms with van der Waals surface area (Å²) in [6.07, 6.45) is 0.748. The van der Waals surface area contributed by atoms with Crippen LogP contribution in [0.1, 0.15) is 27.2 Å². The molecule has 1 N–H and O–H groups in total. The Bertz CT molecular complexity index is 147. The van der Waals surface area contributed by atoms with Crippen LogP contribution in [0.25, 0.3) is 0 Å². The molecule has 0 spiro atoms. The molecule has 0 aromatic carbocycles. The molecule has 0 radical (unpaired) electrons. The molecule has 1 heterocycles. The zero-order valence-electron chi connectivity index (χ0n) is 8.04. The van der Waals surface area contributed by atoms with Gasteiger partial charge in [-0.15, -0.1) is 0 Å². The molecule has 0 unspecified atom stereocenters. The fourth-order valence-electron chi connectivity index (χ4n) is 1.63. The molecular formula is C9H18O3. The van der Waals surface area contributed by atoms with E-state index in [4.69, 9.17) is 14.6 Å². The van der Waals surface area contributed by atoms with Crippen molar-refractivity contribution < 1.29 is 14.6 Å². The molecular weight excluding hydrogens is 156 g/mol. The first-order chi connectivity index (χ1) is 5.56. The molecule has 0 saturated carbocycles. The lowest BCUT2D eigenvalue weighted by Gasteiger charge is -2.24. The van der Waals surface area contributed by atoms with Crippen molar-refractivity contribution in [2.75, 3.05) is 13.2 Å². The van der Waals surface area contributed by atoms with Crippen LogP contribution in [0.4, 0.5) is 0 Å². The third-order valence-electron chi connectivity index (χ3n) is 1.97. The summed E-state index contributed by atoms with van der Waals surface area (Å²) < 4.78 is 11.0. The van der Waals surface area contributed by atoms with E-state index < -0.39 is 5.79 Å². The van der Waals surface area contributed by atoms with Crippen LogP contribution in [0.15, 0.2) is 0 Å². The summed E-state index contributed by atoms with van der Waals surface area (Å²) in [7, 11) is 0. The zero-order valence-corrected chi connectivity index (χ0v) is 8.04. The van der Waals surface area contributed by atoms with Gasteiger partial charge in [0, 0.05) is 6.42 Å². The summed E-state index contributed by atoms with van der Waals surface area (Å²) in [6.45, 7) is 6.75. The zero-order chi connectivity index (χ0) is 9.19. The van der Waals surface area contributed by atoms with Crippen molar-refractivity contribution >= 4 is 0 Å². The first-order valence-corrected chi connectivity index (χ1v) is 4.48. The van der Waals surface area contributed by atoms with Gasteiger partial charge >= 0.3 is 0 Å². The maximum absolute atomic E-state index is 8.83. The van der Waals surface area contributed by atoms with Crippen molar-refractivity contribution in [3.05, 3.63) is 0 Å². The minimum atomic E-state index is -0.471. The van der Waals surface area contributed by atoms with Gasteiger partial charge in [0.25, 0.3) is 0 Å². The molecule has 1 aliphatic heterocycles. The first-order valence-electron chi connectivity index (χ1n) is 4.48. The lowest BCUT2D eigenvalue weighted by Crippen LogP contribution is -2.29. The Morgan fingerprint density at radius 2 is 2.25 bits per heavy atom. The summed E-state index contributed by atoms with van der Waals surface area (Å²) in [6, 6.07) is 0. The SMILES string of the molecule is CC(C)C[C@@]1(C)OC[C@@H](CO)O1. The number of hydrogen-bond acceptors (Lipinski definition) is 3. The van der Waals surface area contributed by atoms with Crippen LogP contribution >= 0.6 is 0 Å². The summed E-state index contributed by atoms with van der Waals surface area (Å²) in [5.41, 5.74) is 0. The Balaban J connectivity index is 2.41. The van der Waals surface area contributed by atoms with E-state index in [2.05, 4.69) is 13.8 Å². The quantitative estimate of drug-likeness (QED) is 0.697. The molecule has 0 amide bonds. The average Bonchev–Trinajstić information content (AvgIpc) is 2.30. The molecule has 1 fully saturated rings. The summed E-state index contributed by atoms with van der Waals surface area (Å²) in [5.74, 6) is 0.0779. The molecule has 3 heteroatoms. The van der Waals surface area contributed by atoms with Gasteiger partial charge in [0.1, 0.15) is 6.10 Å². The highest BCUT2D eigenvalue weighted by Crippen LogP contribution is 2.29. The summed E-state index contributed by atoms with van der Waals surface area (Å²) >= 11 is 0. The fraction of sp³-hybridized carbons (Fsp3) is 1.00. The lowest BCUT2D eigenvalue weighted by atomic mass is 10.0. The summed E-state index contributed by atoms with van der Waals surface area (Å²) in [4.78, 5) is 0. The van der Waals surface area contributed by atoms with Gasteiger partial charge in [0.2, 0.25) is 0 Å². The van der Waals surface area contributed by atoms with Crippen molar-refractivity contribution in [1.82, 2.24) is 0 Å². The molecule has 3 nitrogen and oxygen atoms in total. The number of ether oxygens (including phenoxy) is 2. The Kier molecular flexibility index (Phi) is 3.09. The standard InChI is InChI=1S/C9H18O3/c1-7(2)4-9(3)11-6-8(5-10)12-9/h7-8,10H,4-6H2,1-3H3/t8-,9+/m1/s1. The van der Waals surface area contributed by atoms with Crippen molar-refractivity contribution in [2.24, 2.45) is 5.92 Å². The van der Waals surface area contributed by atoms with Crippen LogP contribution in [0, 0.1) is 5.92 Å². The maximum atomic E-state index is 8.83. The van der Waals surface area contributed by atoms with Gasteiger partial charge < -0.3 is 14.6 Å². The monoisotopic (exact) mass is 174 g/mol. The lowest BCUT2D eigenvalue weighted by molar-refractivity contribution is -0.167. The Hall–Kier alpha value is -0.120. The van der Waals surface area contributed by atoms with Crippen molar-refractivity contribution in [3.8, 4) is 0 Å². The van der Waals surface area contributed by atoms with Gasteiger partial charge in [0.05, 0.1) is 13.2 Å². The molecule has 0 aliphatic carbocycles. The van der Waals surface area contributed by atoms with Gasteiger partial charge in [-0.1, -0.05) is 13.8 Å². The number of aliphatic hydroxyl groups excluding tert-OH is 1. The molecule has 0 bridgehead atoms. The average molecular weight is 174 g/mol. The van der Waals surface area contributed by atoms with Crippen LogP contribution in [-0.4, -0.2) is 30.2 Å². The largest absolute Gasteiger partial charge is 0.394 e. The summed E-state index contributed by atoms with van der Waals surface area (Å²) in [5, 5.41) is 8.83. The minimum Gasteiger partial charge on any atom is -0.394 e. The van der Waals surface area contributed by atoms with Gasteiger partial charge in [-0.2, -0.15) is 0 Å². The van der Waals surface area contributed by atoms with Crippen LogP contribution < -0.4 is 0 Å². The van der Waals surface area contributed by atoms with Crippen molar-refractivity contribution in [1.29, 1.82) is 0 Å². The molecule has 1 saturated heterocycles. The van der Waals surface area contributed by atoms with E-state index in [1.165, 1.54) is 0 Å². The van der Waals surface area contributed by atoms with E-state index in [0.717, 1.165) is 6.42 Å². The van der Waals surface area contributed by atoms with E-state index in [1.807, 2.05) is 6.92 Å². The molecule has 1 aliphatic rings.